The Labute approximate surface area is 157 Å². The summed E-state index contributed by atoms with van der Waals surface area (Å²) in [6.07, 6.45) is 4.60. The summed E-state index contributed by atoms with van der Waals surface area (Å²) in [6, 6.07) is 10.8. The third kappa shape index (κ3) is 6.04. The van der Waals surface area contributed by atoms with E-state index in [1.54, 1.807) is 0 Å². The van der Waals surface area contributed by atoms with E-state index in [2.05, 4.69) is 57.2 Å². The van der Waals surface area contributed by atoms with Crippen LogP contribution in [0, 0.1) is 5.92 Å². The number of ether oxygens (including phenoxy) is 1. The van der Waals surface area contributed by atoms with Crippen LogP contribution in [0.2, 0.25) is 0 Å². The topological polar surface area (TPSA) is 53.9 Å². The van der Waals surface area contributed by atoms with Gasteiger partial charge in [0.1, 0.15) is 0 Å². The maximum Gasteiger partial charge on any atom is 0.305 e. The second-order valence-electron chi connectivity index (χ2n) is 7.09. The molecule has 26 heavy (non-hydrogen) atoms. The maximum absolute atomic E-state index is 11.1. The summed E-state index contributed by atoms with van der Waals surface area (Å²) in [5.41, 5.74) is 1.45. The average Bonchev–Trinajstić information content (AvgIpc) is 2.67. The van der Waals surface area contributed by atoms with E-state index in [-0.39, 0.29) is 5.97 Å². The molecule has 0 bridgehead atoms. The van der Waals surface area contributed by atoms with Gasteiger partial charge in [-0.1, -0.05) is 43.7 Å². The van der Waals surface area contributed by atoms with Crippen molar-refractivity contribution in [3.8, 4) is 0 Å². The fourth-order valence-electron chi connectivity index (χ4n) is 3.74. The number of esters is 1. The molecule has 0 spiro atoms. The Hall–Kier alpha value is -2.04. The van der Waals surface area contributed by atoms with E-state index in [0.717, 1.165) is 51.3 Å². The van der Waals surface area contributed by atoms with Crippen LogP contribution in [0.3, 0.4) is 0 Å². The number of methoxy groups -OCH3 is 1. The van der Waals surface area contributed by atoms with Crippen molar-refractivity contribution < 1.29 is 9.53 Å². The molecule has 2 rings (SSSR count). The minimum absolute atomic E-state index is 0.121. The summed E-state index contributed by atoms with van der Waals surface area (Å²) in [5.74, 6) is 2.11. The van der Waals surface area contributed by atoms with E-state index >= 15 is 0 Å². The number of carbonyl (C=O) groups is 1. The zero-order valence-corrected chi connectivity index (χ0v) is 16.4. The second kappa shape index (κ2) is 10.8. The minimum Gasteiger partial charge on any atom is -0.469 e. The van der Waals surface area contributed by atoms with Gasteiger partial charge in [0.15, 0.2) is 5.96 Å². The van der Waals surface area contributed by atoms with Crippen LogP contribution in [-0.4, -0.2) is 50.6 Å². The lowest BCUT2D eigenvalue weighted by Gasteiger charge is -2.39. The Morgan fingerprint density at radius 3 is 2.69 bits per heavy atom. The molecule has 1 fully saturated rings. The Kier molecular flexibility index (Phi) is 8.45. The zero-order chi connectivity index (χ0) is 18.8. The number of likely N-dealkylation sites (tertiary alicyclic amines) is 1. The normalized spacial score (nSPS) is 20.7. The van der Waals surface area contributed by atoms with Gasteiger partial charge >= 0.3 is 5.97 Å². The highest BCUT2D eigenvalue weighted by Crippen LogP contribution is 2.32. The average molecular weight is 360 g/mol. The first-order chi connectivity index (χ1) is 12.7. The van der Waals surface area contributed by atoms with Crippen molar-refractivity contribution in [1.29, 1.82) is 0 Å². The number of nitrogens with one attached hydrogen (secondary N) is 1. The van der Waals surface area contributed by atoms with Crippen LogP contribution in [0.15, 0.2) is 35.3 Å². The first-order valence-corrected chi connectivity index (χ1v) is 9.73. The molecule has 2 atom stereocenters. The van der Waals surface area contributed by atoms with Crippen molar-refractivity contribution in [2.75, 3.05) is 33.8 Å². The van der Waals surface area contributed by atoms with Crippen molar-refractivity contribution in [2.24, 2.45) is 10.9 Å². The maximum atomic E-state index is 11.1. The van der Waals surface area contributed by atoms with Gasteiger partial charge < -0.3 is 15.0 Å². The minimum atomic E-state index is -0.121. The number of guanidine groups is 1. The fourth-order valence-corrected chi connectivity index (χ4v) is 3.74. The van der Waals surface area contributed by atoms with Gasteiger partial charge in [0.2, 0.25) is 0 Å². The number of hydrogen-bond donors (Lipinski definition) is 1. The fraction of sp³-hybridized carbons (Fsp3) is 0.619. The summed E-state index contributed by atoms with van der Waals surface area (Å²) in [4.78, 5) is 17.9. The SMILES string of the molecule is CN=C(NCCCCCC(=O)OC)N1CCC(c2ccccc2)C(C)C1. The molecule has 1 aliphatic rings. The van der Waals surface area contributed by atoms with E-state index in [1.807, 2.05) is 7.05 Å². The molecule has 2 unspecified atom stereocenters. The van der Waals surface area contributed by atoms with Gasteiger partial charge in [-0.2, -0.15) is 0 Å². The molecule has 0 amide bonds. The number of carbonyl (C=O) groups excluding carboxylic acids is 1. The Morgan fingerprint density at radius 1 is 1.27 bits per heavy atom. The summed E-state index contributed by atoms with van der Waals surface area (Å²) in [5, 5.41) is 3.48. The molecule has 1 aromatic rings. The molecule has 1 saturated heterocycles. The zero-order valence-electron chi connectivity index (χ0n) is 16.4. The van der Waals surface area contributed by atoms with Crippen LogP contribution in [0.4, 0.5) is 0 Å². The van der Waals surface area contributed by atoms with Gasteiger partial charge in [0.25, 0.3) is 0 Å². The van der Waals surface area contributed by atoms with Crippen molar-refractivity contribution >= 4 is 11.9 Å². The molecule has 0 saturated carbocycles. The van der Waals surface area contributed by atoms with E-state index in [9.17, 15) is 4.79 Å². The van der Waals surface area contributed by atoms with Gasteiger partial charge in [0.05, 0.1) is 7.11 Å². The first-order valence-electron chi connectivity index (χ1n) is 9.73. The summed E-state index contributed by atoms with van der Waals surface area (Å²) >= 11 is 0. The number of benzene rings is 1. The third-order valence-corrected chi connectivity index (χ3v) is 5.21. The van der Waals surface area contributed by atoms with Crippen LogP contribution >= 0.6 is 0 Å². The number of hydrogen-bond acceptors (Lipinski definition) is 3. The molecule has 0 radical (unpaired) electrons. The Bertz CT molecular complexity index is 574. The predicted molar refractivity (Wildman–Crippen MR) is 106 cm³/mol. The van der Waals surface area contributed by atoms with Crippen LogP contribution in [0.1, 0.15) is 50.5 Å². The number of piperidine rings is 1. The highest BCUT2D eigenvalue weighted by atomic mass is 16.5. The van der Waals surface area contributed by atoms with E-state index in [0.29, 0.717) is 18.3 Å². The van der Waals surface area contributed by atoms with E-state index < -0.39 is 0 Å². The van der Waals surface area contributed by atoms with Crippen LogP contribution in [0.25, 0.3) is 0 Å². The van der Waals surface area contributed by atoms with Crippen LogP contribution in [-0.2, 0) is 9.53 Å². The standard InChI is InChI=1S/C21H33N3O2/c1-17-16-24(15-13-19(17)18-10-6-4-7-11-18)21(22-2)23-14-9-5-8-12-20(25)26-3/h4,6-7,10-11,17,19H,5,8-9,12-16H2,1-3H3,(H,22,23). The molecule has 5 heteroatoms. The van der Waals surface area contributed by atoms with Crippen molar-refractivity contribution in [3.63, 3.8) is 0 Å². The summed E-state index contributed by atoms with van der Waals surface area (Å²) in [7, 11) is 3.30. The molecule has 144 valence electrons. The van der Waals surface area contributed by atoms with Gasteiger partial charge in [-0.25, -0.2) is 0 Å². The predicted octanol–water partition coefficient (Wildman–Crippen LogP) is 3.42. The summed E-state index contributed by atoms with van der Waals surface area (Å²) in [6.45, 7) is 5.29. The number of aliphatic imine (C=N–C) groups is 1. The highest BCUT2D eigenvalue weighted by molar-refractivity contribution is 5.80. The molecule has 0 aromatic heterocycles. The first kappa shape index (κ1) is 20.3. The molecular weight excluding hydrogens is 326 g/mol. The Morgan fingerprint density at radius 2 is 2.04 bits per heavy atom. The van der Waals surface area contributed by atoms with Crippen LogP contribution < -0.4 is 5.32 Å². The van der Waals surface area contributed by atoms with E-state index in [1.165, 1.54) is 12.7 Å². The van der Waals surface area contributed by atoms with Crippen molar-refractivity contribution in [3.05, 3.63) is 35.9 Å². The summed E-state index contributed by atoms with van der Waals surface area (Å²) < 4.78 is 4.66. The Balaban J connectivity index is 1.73. The highest BCUT2D eigenvalue weighted by Gasteiger charge is 2.28. The number of nitrogens with zero attached hydrogens (tertiary/aromatic N) is 2. The monoisotopic (exact) mass is 359 g/mol. The molecular formula is C21H33N3O2. The number of rotatable bonds is 7. The largest absolute Gasteiger partial charge is 0.469 e. The lowest BCUT2D eigenvalue weighted by atomic mass is 9.82. The van der Waals surface area contributed by atoms with Crippen molar-refractivity contribution in [2.45, 2.75) is 44.9 Å². The van der Waals surface area contributed by atoms with Crippen molar-refractivity contribution in [1.82, 2.24) is 10.2 Å². The lowest BCUT2D eigenvalue weighted by Crippen LogP contribution is -2.48. The van der Waals surface area contributed by atoms with Gasteiger partial charge in [-0.3, -0.25) is 9.79 Å². The number of unbranched alkanes of at least 4 members (excludes halogenated alkanes) is 2. The molecule has 1 N–H and O–H groups in total. The molecule has 1 aromatic carbocycles. The molecule has 1 heterocycles. The van der Waals surface area contributed by atoms with Gasteiger partial charge in [0, 0.05) is 33.1 Å². The smallest absolute Gasteiger partial charge is 0.305 e. The van der Waals surface area contributed by atoms with E-state index in [4.69, 9.17) is 0 Å². The third-order valence-electron chi connectivity index (χ3n) is 5.21. The van der Waals surface area contributed by atoms with Gasteiger partial charge in [-0.15, -0.1) is 0 Å². The molecule has 0 aliphatic carbocycles. The molecule has 5 nitrogen and oxygen atoms in total. The molecule has 1 aliphatic heterocycles. The quantitative estimate of drug-likeness (QED) is 0.351. The van der Waals surface area contributed by atoms with Gasteiger partial charge in [-0.05, 0) is 36.7 Å². The second-order valence-corrected chi connectivity index (χ2v) is 7.09. The lowest BCUT2D eigenvalue weighted by molar-refractivity contribution is -0.140. The van der Waals surface area contributed by atoms with Crippen LogP contribution in [0.5, 0.6) is 0 Å².